The van der Waals surface area contributed by atoms with Crippen molar-refractivity contribution in [1.29, 1.82) is 0 Å². The van der Waals surface area contributed by atoms with Crippen LogP contribution in [0.2, 0.25) is 0 Å². The first-order valence-electron chi connectivity index (χ1n) is 6.26. The topological polar surface area (TPSA) is 66.8 Å². The summed E-state index contributed by atoms with van der Waals surface area (Å²) in [5, 5.41) is 10.6. The largest absolute Gasteiger partial charge is 0.391 e. The SMILES string of the molecule is CN(CC1CCOCC1)S(=O)(=O)c1csc(CO)c1. The maximum atomic E-state index is 12.4. The van der Waals surface area contributed by atoms with Gasteiger partial charge >= 0.3 is 0 Å². The monoisotopic (exact) mass is 305 g/mol. The van der Waals surface area contributed by atoms with Gasteiger partial charge < -0.3 is 9.84 Å². The van der Waals surface area contributed by atoms with Crippen LogP contribution in [0, 0.1) is 5.92 Å². The van der Waals surface area contributed by atoms with Crippen molar-refractivity contribution < 1.29 is 18.3 Å². The van der Waals surface area contributed by atoms with Crippen molar-refractivity contribution in [2.24, 2.45) is 5.92 Å². The Kier molecular flexibility index (Phi) is 4.97. The Morgan fingerprint density at radius 3 is 2.74 bits per heavy atom. The lowest BCUT2D eigenvalue weighted by molar-refractivity contribution is 0.0620. The molecule has 1 aliphatic heterocycles. The number of aliphatic hydroxyl groups is 1. The zero-order chi connectivity index (χ0) is 13.9. The van der Waals surface area contributed by atoms with Crippen LogP contribution in [-0.4, -0.2) is 44.6 Å². The average Bonchev–Trinajstić information content (AvgIpc) is 2.89. The summed E-state index contributed by atoms with van der Waals surface area (Å²) >= 11 is 1.26. The van der Waals surface area contributed by atoms with Gasteiger partial charge in [0.05, 0.1) is 11.5 Å². The Balaban J connectivity index is 2.05. The van der Waals surface area contributed by atoms with E-state index >= 15 is 0 Å². The van der Waals surface area contributed by atoms with Gasteiger partial charge in [-0.05, 0) is 24.8 Å². The van der Waals surface area contributed by atoms with Crippen LogP contribution in [0.25, 0.3) is 0 Å². The molecule has 0 atom stereocenters. The van der Waals surface area contributed by atoms with Gasteiger partial charge in [-0.25, -0.2) is 12.7 Å². The minimum atomic E-state index is -3.44. The normalized spacial score (nSPS) is 18.1. The quantitative estimate of drug-likeness (QED) is 0.890. The molecule has 5 nitrogen and oxygen atoms in total. The molecule has 2 heterocycles. The first kappa shape index (κ1) is 14.9. The number of ether oxygens (including phenoxy) is 1. The fourth-order valence-corrected chi connectivity index (χ4v) is 4.52. The van der Waals surface area contributed by atoms with E-state index in [1.54, 1.807) is 18.5 Å². The van der Waals surface area contributed by atoms with Gasteiger partial charge in [-0.15, -0.1) is 11.3 Å². The van der Waals surface area contributed by atoms with Crippen LogP contribution in [0.3, 0.4) is 0 Å². The second-order valence-corrected chi connectivity index (χ2v) is 7.79. The van der Waals surface area contributed by atoms with Gasteiger partial charge in [-0.1, -0.05) is 0 Å². The Morgan fingerprint density at radius 2 is 2.16 bits per heavy atom. The summed E-state index contributed by atoms with van der Waals surface area (Å²) in [6, 6.07) is 1.54. The number of hydrogen-bond donors (Lipinski definition) is 1. The molecule has 1 aliphatic rings. The van der Waals surface area contributed by atoms with E-state index < -0.39 is 10.0 Å². The molecule has 1 fully saturated rings. The summed E-state index contributed by atoms with van der Waals surface area (Å²) in [6.45, 7) is 1.83. The maximum Gasteiger partial charge on any atom is 0.243 e. The molecule has 1 aromatic heterocycles. The molecule has 0 saturated carbocycles. The molecule has 2 rings (SSSR count). The fraction of sp³-hybridized carbons (Fsp3) is 0.667. The van der Waals surface area contributed by atoms with Gasteiger partial charge in [0.2, 0.25) is 10.0 Å². The number of sulfonamides is 1. The highest BCUT2D eigenvalue weighted by molar-refractivity contribution is 7.89. The Morgan fingerprint density at radius 1 is 1.47 bits per heavy atom. The molecule has 0 amide bonds. The number of aliphatic hydroxyl groups excluding tert-OH is 1. The van der Waals surface area contributed by atoms with Crippen LogP contribution in [-0.2, 0) is 21.4 Å². The zero-order valence-electron chi connectivity index (χ0n) is 10.9. The third kappa shape index (κ3) is 3.55. The molecule has 0 aromatic carbocycles. The van der Waals surface area contributed by atoms with Crippen molar-refractivity contribution in [2.45, 2.75) is 24.3 Å². The molecule has 0 aliphatic carbocycles. The molecule has 1 aromatic rings. The number of rotatable bonds is 5. The summed E-state index contributed by atoms with van der Waals surface area (Å²) in [6.07, 6.45) is 1.82. The molecule has 0 bridgehead atoms. The number of hydrogen-bond acceptors (Lipinski definition) is 5. The molecule has 0 spiro atoms. The van der Waals surface area contributed by atoms with Crippen molar-refractivity contribution >= 4 is 21.4 Å². The van der Waals surface area contributed by atoms with Crippen molar-refractivity contribution in [3.05, 3.63) is 16.3 Å². The standard InChI is InChI=1S/C12H19NO4S2/c1-13(7-10-2-4-17-5-3-10)19(15,16)12-6-11(8-14)18-9-12/h6,9-10,14H,2-5,7-8H2,1H3. The van der Waals surface area contributed by atoms with Crippen LogP contribution < -0.4 is 0 Å². The third-order valence-corrected chi connectivity index (χ3v) is 6.22. The van der Waals surface area contributed by atoms with Crippen LogP contribution in [0.15, 0.2) is 16.3 Å². The average molecular weight is 305 g/mol. The highest BCUT2D eigenvalue weighted by Gasteiger charge is 2.25. The smallest absolute Gasteiger partial charge is 0.243 e. The van der Waals surface area contributed by atoms with Gasteiger partial charge in [-0.3, -0.25) is 0 Å². The molecule has 7 heteroatoms. The highest BCUT2D eigenvalue weighted by Crippen LogP contribution is 2.24. The lowest BCUT2D eigenvalue weighted by Crippen LogP contribution is -2.34. The summed E-state index contributed by atoms with van der Waals surface area (Å²) in [5.74, 6) is 0.365. The molecule has 108 valence electrons. The Bertz CT molecular complexity index is 506. The second kappa shape index (κ2) is 6.32. The number of thiophene rings is 1. The first-order chi connectivity index (χ1) is 9.04. The van der Waals surface area contributed by atoms with E-state index in [0.717, 1.165) is 12.8 Å². The van der Waals surface area contributed by atoms with E-state index in [9.17, 15) is 8.42 Å². The van der Waals surface area contributed by atoms with E-state index in [1.807, 2.05) is 0 Å². The lowest BCUT2D eigenvalue weighted by Gasteiger charge is -2.26. The van der Waals surface area contributed by atoms with Crippen molar-refractivity contribution in [2.75, 3.05) is 26.8 Å². The summed E-state index contributed by atoms with van der Waals surface area (Å²) < 4.78 is 31.4. The zero-order valence-corrected chi connectivity index (χ0v) is 12.5. The van der Waals surface area contributed by atoms with E-state index in [0.29, 0.717) is 30.6 Å². The van der Waals surface area contributed by atoms with Crippen LogP contribution in [0.4, 0.5) is 0 Å². The summed E-state index contributed by atoms with van der Waals surface area (Å²) in [5.41, 5.74) is 0. The maximum absolute atomic E-state index is 12.4. The first-order valence-corrected chi connectivity index (χ1v) is 8.58. The van der Waals surface area contributed by atoms with Crippen LogP contribution in [0.1, 0.15) is 17.7 Å². The number of nitrogens with zero attached hydrogens (tertiary/aromatic N) is 1. The van der Waals surface area contributed by atoms with Crippen LogP contribution >= 0.6 is 11.3 Å². The van der Waals surface area contributed by atoms with E-state index in [4.69, 9.17) is 9.84 Å². The fourth-order valence-electron chi connectivity index (χ4n) is 2.15. The molecular formula is C12H19NO4S2. The molecule has 0 unspecified atom stereocenters. The minimum Gasteiger partial charge on any atom is -0.391 e. The lowest BCUT2D eigenvalue weighted by atomic mass is 10.0. The van der Waals surface area contributed by atoms with E-state index in [2.05, 4.69) is 0 Å². The summed E-state index contributed by atoms with van der Waals surface area (Å²) in [4.78, 5) is 0.939. The van der Waals surface area contributed by atoms with Crippen molar-refractivity contribution in [3.63, 3.8) is 0 Å². The van der Waals surface area contributed by atoms with E-state index in [1.165, 1.54) is 15.6 Å². The minimum absolute atomic E-state index is 0.121. The molecule has 0 radical (unpaired) electrons. The summed E-state index contributed by atoms with van der Waals surface area (Å²) in [7, 11) is -1.82. The molecule has 1 N–H and O–H groups in total. The van der Waals surface area contributed by atoms with Gasteiger partial charge in [0.25, 0.3) is 0 Å². The molecule has 1 saturated heterocycles. The van der Waals surface area contributed by atoms with Gasteiger partial charge in [0, 0.05) is 37.1 Å². The predicted octanol–water partition coefficient (Wildman–Crippen LogP) is 1.29. The molecular weight excluding hydrogens is 286 g/mol. The molecule has 19 heavy (non-hydrogen) atoms. The van der Waals surface area contributed by atoms with Crippen molar-refractivity contribution in [3.8, 4) is 0 Å². The second-order valence-electron chi connectivity index (χ2n) is 4.75. The van der Waals surface area contributed by atoms with E-state index in [-0.39, 0.29) is 11.5 Å². The van der Waals surface area contributed by atoms with Gasteiger partial charge in [-0.2, -0.15) is 0 Å². The van der Waals surface area contributed by atoms with Crippen LogP contribution in [0.5, 0.6) is 0 Å². The Hall–Kier alpha value is -0.470. The van der Waals surface area contributed by atoms with Gasteiger partial charge in [0.1, 0.15) is 0 Å². The predicted molar refractivity (Wildman–Crippen MR) is 73.6 cm³/mol. The third-order valence-electron chi connectivity index (χ3n) is 3.35. The van der Waals surface area contributed by atoms with Crippen molar-refractivity contribution in [1.82, 2.24) is 4.31 Å². The van der Waals surface area contributed by atoms with Gasteiger partial charge in [0.15, 0.2) is 0 Å². The highest BCUT2D eigenvalue weighted by atomic mass is 32.2. The Labute approximate surface area is 117 Å².